The Morgan fingerprint density at radius 1 is 1.67 bits per heavy atom. The van der Waals surface area contributed by atoms with Gasteiger partial charge in [-0.2, -0.15) is 0 Å². The van der Waals surface area contributed by atoms with Crippen molar-refractivity contribution in [3.63, 3.8) is 0 Å². The molecule has 0 radical (unpaired) electrons. The highest BCUT2D eigenvalue weighted by molar-refractivity contribution is 6.45. The molecule has 0 aliphatic carbocycles. The lowest BCUT2D eigenvalue weighted by atomic mass is 10.7. The number of amides is 1. The molecule has 0 spiro atoms. The molecule has 0 fully saturated rings. The molecule has 2 nitrogen and oxygen atoms in total. The van der Waals surface area contributed by atoms with Gasteiger partial charge in [-0.15, -0.1) is 0 Å². The highest BCUT2D eigenvalue weighted by Crippen LogP contribution is 1.81. The van der Waals surface area contributed by atoms with Crippen LogP contribution in [-0.4, -0.2) is 26.4 Å². The third kappa shape index (κ3) is 2.16. The van der Waals surface area contributed by atoms with Crippen molar-refractivity contribution in [3.05, 3.63) is 0 Å². The summed E-state index contributed by atoms with van der Waals surface area (Å²) in [5.41, 5.74) is 4.87. The lowest BCUT2D eigenvalue weighted by Gasteiger charge is -1.90. The van der Waals surface area contributed by atoms with Gasteiger partial charge in [-0.25, -0.2) is 0 Å². The maximum absolute atomic E-state index is 9.99. The first-order valence-corrected chi connectivity index (χ1v) is 4.25. The van der Waals surface area contributed by atoms with Crippen LogP contribution in [0.1, 0.15) is 0 Å². The summed E-state index contributed by atoms with van der Waals surface area (Å²) < 4.78 is 0. The first kappa shape index (κ1) is 5.90. The van der Waals surface area contributed by atoms with E-state index in [1.165, 1.54) is 0 Å². The molecule has 0 rings (SSSR count). The molecule has 0 bridgehead atoms. The normalized spacial score (nSPS) is 14.7. The van der Waals surface area contributed by atoms with E-state index < -0.39 is 0 Å². The molecule has 0 aliphatic heterocycles. The Balaban J connectivity index is 3.26. The van der Waals surface area contributed by atoms with Gasteiger partial charge >= 0.3 is 0 Å². The van der Waals surface area contributed by atoms with Crippen LogP contribution >= 0.6 is 0 Å². The second kappa shape index (κ2) is 2.14. The fourth-order valence-corrected chi connectivity index (χ4v) is 0. The highest BCUT2D eigenvalue weighted by atomic mass is 28.2. The molecule has 0 aromatic heterocycles. The second-order valence-electron chi connectivity index (χ2n) is 1.56. The van der Waals surface area contributed by atoms with Crippen LogP contribution in [0.2, 0.25) is 5.16 Å². The number of primary amides is 1. The molecule has 0 aliphatic rings. The predicted octanol–water partition coefficient (Wildman–Crippen LogP) is -3.05. The van der Waals surface area contributed by atoms with Crippen molar-refractivity contribution in [1.82, 2.24) is 0 Å². The lowest BCUT2D eigenvalue weighted by molar-refractivity contribution is -0.116. The van der Waals surface area contributed by atoms with Crippen molar-refractivity contribution < 1.29 is 4.79 Å². The monoisotopic (exact) mass is 119 g/mol. The van der Waals surface area contributed by atoms with Crippen molar-refractivity contribution in [1.29, 1.82) is 0 Å². The van der Waals surface area contributed by atoms with Gasteiger partial charge in [0.25, 0.3) is 0 Å². The fraction of sp³-hybridized carbons (Fsp3) is 0.500. The molecular formula is C2H9NOSi2. The van der Waals surface area contributed by atoms with Crippen LogP contribution in [0.15, 0.2) is 0 Å². The molecule has 36 valence electrons. The van der Waals surface area contributed by atoms with Gasteiger partial charge < -0.3 is 5.73 Å². The van der Waals surface area contributed by atoms with Crippen molar-refractivity contribution in [2.45, 2.75) is 5.16 Å². The fourth-order valence-electron chi connectivity index (χ4n) is 0. The van der Waals surface area contributed by atoms with E-state index in [1.54, 1.807) is 0 Å². The average molecular weight is 119 g/mol. The quantitative estimate of drug-likeness (QED) is 0.366. The minimum absolute atomic E-state index is 0.117. The first-order valence-electron chi connectivity index (χ1n) is 1.94. The van der Waals surface area contributed by atoms with Gasteiger partial charge in [-0.1, -0.05) is 0 Å². The van der Waals surface area contributed by atoms with E-state index >= 15 is 0 Å². The first-order chi connectivity index (χ1) is 2.64. The number of carbonyl (C=O) groups excluding carboxylic acids is 1. The topological polar surface area (TPSA) is 43.1 Å². The van der Waals surface area contributed by atoms with Crippen molar-refractivity contribution >= 4 is 26.4 Å². The Morgan fingerprint density at radius 2 is 1.83 bits per heavy atom. The van der Waals surface area contributed by atoms with Gasteiger partial charge in [-0.3, -0.25) is 4.79 Å². The van der Waals surface area contributed by atoms with E-state index in [1.807, 2.05) is 0 Å². The third-order valence-electron chi connectivity index (χ3n) is 0.569. The summed E-state index contributed by atoms with van der Waals surface area (Å²) in [4.78, 5) is 9.99. The number of hydrogen-bond donors (Lipinski definition) is 1. The SMILES string of the molecule is NC(=O)C([SiH3])[SiH3]. The van der Waals surface area contributed by atoms with Crippen molar-refractivity contribution in [2.24, 2.45) is 5.73 Å². The maximum Gasteiger partial charge on any atom is 0.213 e. The third-order valence-corrected chi connectivity index (χ3v) is 1.71. The standard InChI is InChI=1S/C2H9NOSi2/c3-1(4)2(5)6/h2H,5-6H3,(H2,3,4). The number of rotatable bonds is 1. The minimum atomic E-state index is -0.117. The Bertz CT molecular complexity index is 62.6. The van der Waals surface area contributed by atoms with E-state index in [-0.39, 0.29) is 11.1 Å². The molecule has 0 aromatic rings. The molecule has 1 amide bonds. The smallest absolute Gasteiger partial charge is 0.213 e. The Hall–Kier alpha value is -0.0962. The van der Waals surface area contributed by atoms with E-state index in [0.29, 0.717) is 0 Å². The van der Waals surface area contributed by atoms with Gasteiger partial charge in [0.2, 0.25) is 5.91 Å². The molecule has 2 N–H and O–H groups in total. The van der Waals surface area contributed by atoms with Crippen LogP contribution in [-0.2, 0) is 4.79 Å². The summed E-state index contributed by atoms with van der Waals surface area (Å²) in [5.74, 6) is -0.117. The molecule has 0 saturated carbocycles. The summed E-state index contributed by atoms with van der Waals surface area (Å²) in [6.07, 6.45) is 0. The molecular weight excluding hydrogens is 110 g/mol. The summed E-state index contributed by atoms with van der Waals surface area (Å²) in [6.45, 7) is 0. The molecule has 4 heteroatoms. The summed E-state index contributed by atoms with van der Waals surface area (Å²) in [5, 5.41) is 0.269. The zero-order valence-electron chi connectivity index (χ0n) is 4.06. The second-order valence-corrected chi connectivity index (χ2v) is 7.33. The molecule has 0 atom stereocenters. The van der Waals surface area contributed by atoms with E-state index in [4.69, 9.17) is 5.73 Å². The Morgan fingerprint density at radius 3 is 1.83 bits per heavy atom. The lowest BCUT2D eigenvalue weighted by Crippen LogP contribution is -2.17. The number of nitrogens with two attached hydrogens (primary N) is 1. The number of hydrogen-bond acceptors (Lipinski definition) is 1. The van der Waals surface area contributed by atoms with Crippen LogP contribution in [0.3, 0.4) is 0 Å². The number of carbonyl (C=O) groups is 1. The summed E-state index contributed by atoms with van der Waals surface area (Å²) in [7, 11) is 1.88. The largest absolute Gasteiger partial charge is 0.370 e. The Labute approximate surface area is 42.9 Å². The van der Waals surface area contributed by atoms with Crippen LogP contribution < -0.4 is 5.73 Å². The van der Waals surface area contributed by atoms with Crippen LogP contribution in [0.25, 0.3) is 0 Å². The highest BCUT2D eigenvalue weighted by Gasteiger charge is 1.96. The summed E-state index contributed by atoms with van der Waals surface area (Å²) >= 11 is 0. The van der Waals surface area contributed by atoms with E-state index in [2.05, 4.69) is 0 Å². The average Bonchev–Trinajstić information content (AvgIpc) is 1.36. The van der Waals surface area contributed by atoms with Crippen molar-refractivity contribution in [2.75, 3.05) is 0 Å². The van der Waals surface area contributed by atoms with Gasteiger partial charge in [0.15, 0.2) is 0 Å². The molecule has 0 heterocycles. The summed E-state index contributed by atoms with van der Waals surface area (Å²) in [6, 6.07) is 0. The van der Waals surface area contributed by atoms with E-state index in [0.717, 1.165) is 20.5 Å². The predicted molar refractivity (Wildman–Crippen MR) is 32.8 cm³/mol. The zero-order valence-corrected chi connectivity index (χ0v) is 8.06. The molecule has 0 saturated heterocycles. The Kier molecular flexibility index (Phi) is 2.11. The van der Waals surface area contributed by atoms with Crippen LogP contribution in [0.5, 0.6) is 0 Å². The van der Waals surface area contributed by atoms with Crippen LogP contribution in [0, 0.1) is 0 Å². The molecule has 0 unspecified atom stereocenters. The van der Waals surface area contributed by atoms with Crippen molar-refractivity contribution in [3.8, 4) is 0 Å². The van der Waals surface area contributed by atoms with Gasteiger partial charge in [-0.05, 0) is 0 Å². The zero-order chi connectivity index (χ0) is 5.15. The van der Waals surface area contributed by atoms with Gasteiger partial charge in [0, 0.05) is 25.6 Å². The van der Waals surface area contributed by atoms with Gasteiger partial charge in [0.05, 0.1) is 0 Å². The van der Waals surface area contributed by atoms with Crippen LogP contribution in [0.4, 0.5) is 0 Å². The van der Waals surface area contributed by atoms with E-state index in [9.17, 15) is 4.79 Å². The minimum Gasteiger partial charge on any atom is -0.370 e. The molecule has 0 aromatic carbocycles. The maximum atomic E-state index is 9.99. The molecule has 6 heavy (non-hydrogen) atoms. The van der Waals surface area contributed by atoms with Gasteiger partial charge in [0.1, 0.15) is 0 Å².